The van der Waals surface area contributed by atoms with Gasteiger partial charge in [-0.2, -0.15) is 0 Å². The monoisotopic (exact) mass is 254 g/mol. The van der Waals surface area contributed by atoms with E-state index in [-0.39, 0.29) is 12.3 Å². The number of carbonyl (C=O) groups is 1. The fraction of sp³-hybridized carbons (Fsp3) is 0.462. The van der Waals surface area contributed by atoms with E-state index in [9.17, 15) is 13.6 Å². The first-order valence-electron chi connectivity index (χ1n) is 5.92. The van der Waals surface area contributed by atoms with Gasteiger partial charge in [-0.3, -0.25) is 4.79 Å². The number of carbonyl (C=O) groups excluding carboxylic acids is 1. The fourth-order valence-corrected chi connectivity index (χ4v) is 2.26. The van der Waals surface area contributed by atoms with Gasteiger partial charge in [0, 0.05) is 24.2 Å². The summed E-state index contributed by atoms with van der Waals surface area (Å²) in [6.45, 7) is 1.69. The van der Waals surface area contributed by atoms with Gasteiger partial charge >= 0.3 is 0 Å². The molecule has 1 aliphatic rings. The van der Waals surface area contributed by atoms with Crippen molar-refractivity contribution in [3.63, 3.8) is 0 Å². The van der Waals surface area contributed by atoms with Gasteiger partial charge < -0.3 is 10.6 Å². The summed E-state index contributed by atoms with van der Waals surface area (Å²) < 4.78 is 26.5. The lowest BCUT2D eigenvalue weighted by Crippen LogP contribution is -2.45. The normalized spacial score (nSPS) is 18.7. The molecular formula is C13H16F2N2O. The highest BCUT2D eigenvalue weighted by Crippen LogP contribution is 2.27. The van der Waals surface area contributed by atoms with Crippen LogP contribution in [0.3, 0.4) is 0 Å². The Balaban J connectivity index is 2.20. The van der Waals surface area contributed by atoms with Crippen LogP contribution >= 0.6 is 0 Å². The molecule has 0 radical (unpaired) electrons. The molecule has 98 valence electrons. The van der Waals surface area contributed by atoms with Crippen LogP contribution < -0.4 is 5.73 Å². The van der Waals surface area contributed by atoms with Gasteiger partial charge in [0.1, 0.15) is 0 Å². The number of amides is 1. The van der Waals surface area contributed by atoms with Crippen LogP contribution in [0.25, 0.3) is 0 Å². The van der Waals surface area contributed by atoms with Crippen LogP contribution in [0.5, 0.6) is 0 Å². The van der Waals surface area contributed by atoms with Crippen LogP contribution in [-0.2, 0) is 0 Å². The van der Waals surface area contributed by atoms with Crippen molar-refractivity contribution in [1.29, 1.82) is 0 Å². The van der Waals surface area contributed by atoms with Gasteiger partial charge in [-0.1, -0.05) is 0 Å². The van der Waals surface area contributed by atoms with Crippen molar-refractivity contribution >= 4 is 11.6 Å². The summed E-state index contributed by atoms with van der Waals surface area (Å²) in [5, 5.41) is 0. The van der Waals surface area contributed by atoms with Gasteiger partial charge in [-0.05, 0) is 37.1 Å². The minimum Gasteiger partial charge on any atom is -0.399 e. The van der Waals surface area contributed by atoms with E-state index < -0.39 is 12.5 Å². The van der Waals surface area contributed by atoms with Gasteiger partial charge in [0.25, 0.3) is 11.8 Å². The number of piperidine rings is 1. The summed E-state index contributed by atoms with van der Waals surface area (Å²) in [6.07, 6.45) is 0.187. The minimum absolute atomic E-state index is 0.146. The van der Waals surface area contributed by atoms with Crippen LogP contribution in [0.1, 0.15) is 28.8 Å². The molecule has 0 atom stereocenters. The molecule has 2 N–H and O–H groups in total. The molecule has 1 aliphatic heterocycles. The number of alkyl halides is 2. The van der Waals surface area contributed by atoms with Gasteiger partial charge in [-0.15, -0.1) is 0 Å². The predicted molar refractivity (Wildman–Crippen MR) is 65.7 cm³/mol. The van der Waals surface area contributed by atoms with Gasteiger partial charge in [-0.25, -0.2) is 8.78 Å². The van der Waals surface area contributed by atoms with E-state index in [1.807, 2.05) is 6.92 Å². The number of nitrogen functional groups attached to an aromatic ring is 1. The summed E-state index contributed by atoms with van der Waals surface area (Å²) in [6, 6.07) is 4.94. The third kappa shape index (κ3) is 2.78. The smallest absolute Gasteiger partial charge is 0.265 e. The maximum absolute atomic E-state index is 13.3. The lowest BCUT2D eigenvalue weighted by atomic mass is 10.0. The molecule has 0 unspecified atom stereocenters. The molecule has 1 aromatic carbocycles. The second-order valence-corrected chi connectivity index (χ2v) is 4.82. The van der Waals surface area contributed by atoms with Crippen molar-refractivity contribution in [2.75, 3.05) is 18.8 Å². The number of aryl methyl sites for hydroxylation is 1. The van der Waals surface area contributed by atoms with Crippen molar-refractivity contribution < 1.29 is 13.6 Å². The first-order valence-corrected chi connectivity index (χ1v) is 5.92. The van der Waals surface area contributed by atoms with Crippen LogP contribution in [0.2, 0.25) is 0 Å². The Bertz CT molecular complexity index is 454. The Kier molecular flexibility index (Phi) is 3.24. The van der Waals surface area contributed by atoms with E-state index in [2.05, 4.69) is 0 Å². The number of anilines is 1. The molecule has 1 fully saturated rings. The molecule has 0 aromatic heterocycles. The molecule has 1 aromatic rings. The summed E-state index contributed by atoms with van der Waals surface area (Å²) >= 11 is 0. The predicted octanol–water partition coefficient (Wildman–Crippen LogP) is 2.45. The summed E-state index contributed by atoms with van der Waals surface area (Å²) in [5.41, 5.74) is 7.36. The van der Waals surface area contributed by atoms with Crippen molar-refractivity contribution in [3.05, 3.63) is 29.3 Å². The zero-order valence-corrected chi connectivity index (χ0v) is 10.2. The average Bonchev–Trinajstić information content (AvgIpc) is 2.25. The highest BCUT2D eigenvalue weighted by atomic mass is 19.3. The SMILES string of the molecule is Cc1cc(N)cc(C(=O)N2CCCC(F)(F)C2)c1. The highest BCUT2D eigenvalue weighted by Gasteiger charge is 2.37. The molecule has 18 heavy (non-hydrogen) atoms. The molecule has 3 nitrogen and oxygen atoms in total. The second kappa shape index (κ2) is 4.55. The van der Waals surface area contributed by atoms with Gasteiger partial charge in [0.05, 0.1) is 6.54 Å². The van der Waals surface area contributed by atoms with E-state index in [0.717, 1.165) is 5.56 Å². The van der Waals surface area contributed by atoms with Crippen LogP contribution in [0.15, 0.2) is 18.2 Å². The quantitative estimate of drug-likeness (QED) is 0.782. The largest absolute Gasteiger partial charge is 0.399 e. The lowest BCUT2D eigenvalue weighted by molar-refractivity contribution is -0.0560. The maximum Gasteiger partial charge on any atom is 0.265 e. The van der Waals surface area contributed by atoms with Gasteiger partial charge in [0.15, 0.2) is 0 Å². The summed E-state index contributed by atoms with van der Waals surface area (Å²) in [4.78, 5) is 13.3. The van der Waals surface area contributed by atoms with Gasteiger partial charge in [0.2, 0.25) is 0 Å². The van der Waals surface area contributed by atoms with Crippen molar-refractivity contribution in [2.24, 2.45) is 0 Å². The molecule has 1 amide bonds. The van der Waals surface area contributed by atoms with E-state index in [1.165, 1.54) is 11.0 Å². The molecule has 2 rings (SSSR count). The van der Waals surface area contributed by atoms with E-state index >= 15 is 0 Å². The first kappa shape index (κ1) is 12.8. The van der Waals surface area contributed by atoms with Crippen molar-refractivity contribution in [1.82, 2.24) is 4.90 Å². The zero-order valence-electron chi connectivity index (χ0n) is 10.2. The number of hydrogen-bond donors (Lipinski definition) is 1. The number of likely N-dealkylation sites (tertiary alicyclic amines) is 1. The summed E-state index contributed by atoms with van der Waals surface area (Å²) in [7, 11) is 0. The fourth-order valence-electron chi connectivity index (χ4n) is 2.26. The van der Waals surface area contributed by atoms with E-state index in [0.29, 0.717) is 24.2 Å². The molecule has 0 bridgehead atoms. The van der Waals surface area contributed by atoms with Crippen LogP contribution in [0, 0.1) is 6.92 Å². The van der Waals surface area contributed by atoms with Crippen LogP contribution in [-0.4, -0.2) is 29.8 Å². The molecule has 1 saturated heterocycles. The Morgan fingerprint density at radius 2 is 2.11 bits per heavy atom. The Hall–Kier alpha value is -1.65. The molecular weight excluding hydrogens is 238 g/mol. The number of hydrogen-bond acceptors (Lipinski definition) is 2. The lowest BCUT2D eigenvalue weighted by Gasteiger charge is -2.32. The Morgan fingerprint density at radius 3 is 2.72 bits per heavy atom. The third-order valence-corrected chi connectivity index (χ3v) is 3.03. The maximum atomic E-state index is 13.3. The Labute approximate surface area is 105 Å². The first-order chi connectivity index (χ1) is 8.37. The average molecular weight is 254 g/mol. The molecule has 5 heteroatoms. The molecule has 0 saturated carbocycles. The number of halogens is 2. The molecule has 0 aliphatic carbocycles. The molecule has 1 heterocycles. The zero-order chi connectivity index (χ0) is 13.3. The molecule has 0 spiro atoms. The number of rotatable bonds is 1. The number of nitrogens with zero attached hydrogens (tertiary/aromatic N) is 1. The minimum atomic E-state index is -2.77. The Morgan fingerprint density at radius 1 is 1.39 bits per heavy atom. The summed E-state index contributed by atoms with van der Waals surface area (Å²) in [5.74, 6) is -3.15. The standard InChI is InChI=1S/C13H16F2N2O/c1-9-5-10(7-11(16)6-9)12(18)17-4-2-3-13(14,15)8-17/h5-7H,2-4,8,16H2,1H3. The second-order valence-electron chi connectivity index (χ2n) is 4.82. The third-order valence-electron chi connectivity index (χ3n) is 3.03. The number of benzene rings is 1. The highest BCUT2D eigenvalue weighted by molar-refractivity contribution is 5.95. The topological polar surface area (TPSA) is 46.3 Å². The van der Waals surface area contributed by atoms with E-state index in [4.69, 9.17) is 5.73 Å². The van der Waals surface area contributed by atoms with Crippen molar-refractivity contribution in [2.45, 2.75) is 25.7 Å². The van der Waals surface area contributed by atoms with Crippen LogP contribution in [0.4, 0.5) is 14.5 Å². The van der Waals surface area contributed by atoms with Crippen molar-refractivity contribution in [3.8, 4) is 0 Å². The number of nitrogens with two attached hydrogens (primary N) is 1. The van der Waals surface area contributed by atoms with E-state index in [1.54, 1.807) is 12.1 Å².